The number of hydrogen-bond donors (Lipinski definition) is 0. The smallest absolute Gasteiger partial charge is 0.350 e. The molecule has 0 radical (unpaired) electrons. The Kier molecular flexibility index (Phi) is 5.23. The lowest BCUT2D eigenvalue weighted by atomic mass is 10.1. The summed E-state index contributed by atoms with van der Waals surface area (Å²) in [6.07, 6.45) is 2.29. The van der Waals surface area contributed by atoms with Gasteiger partial charge >= 0.3 is 5.69 Å². The van der Waals surface area contributed by atoms with Gasteiger partial charge in [-0.25, -0.2) is 4.79 Å². The van der Waals surface area contributed by atoms with E-state index in [0.29, 0.717) is 43.9 Å². The van der Waals surface area contributed by atoms with Crippen LogP contribution in [0.3, 0.4) is 0 Å². The molecule has 0 amide bonds. The molecule has 2 aromatic rings. The van der Waals surface area contributed by atoms with Crippen molar-refractivity contribution in [3.05, 3.63) is 46.4 Å². The summed E-state index contributed by atoms with van der Waals surface area (Å²) in [6.45, 7) is 1.99. The zero-order chi connectivity index (χ0) is 18.6. The molecule has 2 fully saturated rings. The Hall–Kier alpha value is -2.62. The molecule has 0 N–H and O–H groups in total. The van der Waals surface area contributed by atoms with Gasteiger partial charge in [0, 0.05) is 30.2 Å². The predicted octanol–water partition coefficient (Wildman–Crippen LogP) is 2.00. The number of hydrogen-bond acceptors (Lipinski definition) is 5. The minimum atomic E-state index is -0.360. The molecule has 1 saturated heterocycles. The van der Waals surface area contributed by atoms with E-state index in [9.17, 15) is 4.79 Å². The summed E-state index contributed by atoms with van der Waals surface area (Å²) >= 11 is 0. The van der Waals surface area contributed by atoms with Crippen LogP contribution >= 0.6 is 0 Å². The third-order valence-corrected chi connectivity index (χ3v) is 4.57. The fraction of sp³-hybridized carbons (Fsp3) is 0.429. The van der Waals surface area contributed by atoms with Crippen LogP contribution in [0.25, 0.3) is 11.3 Å². The molecular weight excluding hydrogens is 344 g/mol. The molecular formula is C21H22N2O4. The molecule has 1 saturated carbocycles. The molecule has 1 aliphatic heterocycles. The SMILES string of the molecule is Cn1c(OC[C@H]2COCCO2)cc(-c2ccc(C#CC3CC3)cc2)nc1=O. The van der Waals surface area contributed by atoms with Gasteiger partial charge in [0.15, 0.2) is 5.88 Å². The van der Waals surface area contributed by atoms with Gasteiger partial charge in [-0.3, -0.25) is 4.57 Å². The van der Waals surface area contributed by atoms with Crippen LogP contribution in [0.2, 0.25) is 0 Å². The first-order chi connectivity index (χ1) is 13.2. The van der Waals surface area contributed by atoms with Gasteiger partial charge in [0.2, 0.25) is 0 Å². The van der Waals surface area contributed by atoms with Crippen molar-refractivity contribution in [3.63, 3.8) is 0 Å². The van der Waals surface area contributed by atoms with Crippen molar-refractivity contribution < 1.29 is 14.2 Å². The number of ether oxygens (including phenoxy) is 3. The largest absolute Gasteiger partial charge is 0.476 e. The Morgan fingerprint density at radius 1 is 1.26 bits per heavy atom. The van der Waals surface area contributed by atoms with Crippen LogP contribution < -0.4 is 10.4 Å². The van der Waals surface area contributed by atoms with Gasteiger partial charge in [0.1, 0.15) is 12.7 Å². The summed E-state index contributed by atoms with van der Waals surface area (Å²) in [5, 5.41) is 0. The van der Waals surface area contributed by atoms with E-state index in [-0.39, 0.29) is 11.8 Å². The average Bonchev–Trinajstić information content (AvgIpc) is 3.53. The van der Waals surface area contributed by atoms with Crippen molar-refractivity contribution in [1.29, 1.82) is 0 Å². The van der Waals surface area contributed by atoms with Gasteiger partial charge in [-0.15, -0.1) is 0 Å². The number of benzene rings is 1. The number of nitrogens with zero attached hydrogens (tertiary/aromatic N) is 2. The highest BCUT2D eigenvalue weighted by molar-refractivity contribution is 5.61. The Morgan fingerprint density at radius 3 is 2.78 bits per heavy atom. The van der Waals surface area contributed by atoms with E-state index in [2.05, 4.69) is 16.8 Å². The van der Waals surface area contributed by atoms with Crippen molar-refractivity contribution in [1.82, 2.24) is 9.55 Å². The molecule has 1 atom stereocenters. The summed E-state index contributed by atoms with van der Waals surface area (Å²) < 4.78 is 18.1. The lowest BCUT2D eigenvalue weighted by Crippen LogP contribution is -2.34. The van der Waals surface area contributed by atoms with E-state index in [1.165, 1.54) is 17.4 Å². The molecule has 1 aromatic heterocycles. The first-order valence-corrected chi connectivity index (χ1v) is 9.21. The van der Waals surface area contributed by atoms with E-state index < -0.39 is 0 Å². The van der Waals surface area contributed by atoms with Gasteiger partial charge in [-0.05, 0) is 25.0 Å². The van der Waals surface area contributed by atoms with Crippen LogP contribution in [-0.2, 0) is 16.5 Å². The van der Waals surface area contributed by atoms with E-state index in [1.54, 1.807) is 13.1 Å². The lowest BCUT2D eigenvalue weighted by molar-refractivity contribution is -0.102. The third-order valence-electron chi connectivity index (χ3n) is 4.57. The lowest BCUT2D eigenvalue weighted by Gasteiger charge is -2.23. The van der Waals surface area contributed by atoms with Crippen molar-refractivity contribution >= 4 is 0 Å². The van der Waals surface area contributed by atoms with Crippen LogP contribution in [0.15, 0.2) is 35.1 Å². The van der Waals surface area contributed by atoms with Crippen molar-refractivity contribution in [2.24, 2.45) is 13.0 Å². The molecule has 6 nitrogen and oxygen atoms in total. The normalized spacial score (nSPS) is 19.2. The quantitative estimate of drug-likeness (QED) is 0.775. The molecule has 140 valence electrons. The maximum atomic E-state index is 12.2. The third kappa shape index (κ3) is 4.57. The van der Waals surface area contributed by atoms with Crippen LogP contribution in [-0.4, -0.2) is 42.1 Å². The maximum Gasteiger partial charge on any atom is 0.350 e. The first kappa shape index (κ1) is 17.8. The molecule has 2 heterocycles. The molecule has 27 heavy (non-hydrogen) atoms. The highest BCUT2D eigenvalue weighted by Crippen LogP contribution is 2.27. The summed E-state index contributed by atoms with van der Waals surface area (Å²) in [7, 11) is 1.64. The highest BCUT2D eigenvalue weighted by atomic mass is 16.6. The van der Waals surface area contributed by atoms with Gasteiger partial charge in [-0.1, -0.05) is 24.0 Å². The first-order valence-electron chi connectivity index (χ1n) is 9.21. The predicted molar refractivity (Wildman–Crippen MR) is 101 cm³/mol. The molecule has 0 unspecified atom stereocenters. The fourth-order valence-corrected chi connectivity index (χ4v) is 2.75. The summed E-state index contributed by atoms with van der Waals surface area (Å²) in [6, 6.07) is 9.55. The van der Waals surface area contributed by atoms with Gasteiger partial charge in [0.05, 0.1) is 25.5 Å². The van der Waals surface area contributed by atoms with E-state index in [4.69, 9.17) is 14.2 Å². The standard InChI is InChI=1S/C21H22N2O4/c1-23-20(27-14-18-13-25-10-11-26-18)12-19(22-21(23)24)17-8-6-16(7-9-17)5-4-15-2-3-15/h6-9,12,15,18H,2-3,10-11,13-14H2,1H3/t18-/m1/s1. The van der Waals surface area contributed by atoms with Crippen molar-refractivity contribution in [3.8, 4) is 29.0 Å². The Labute approximate surface area is 158 Å². The van der Waals surface area contributed by atoms with Crippen LogP contribution in [0, 0.1) is 17.8 Å². The molecule has 1 aliphatic carbocycles. The molecule has 0 bridgehead atoms. The summed E-state index contributed by atoms with van der Waals surface area (Å²) in [5.74, 6) is 7.46. The zero-order valence-electron chi connectivity index (χ0n) is 15.3. The van der Waals surface area contributed by atoms with Crippen molar-refractivity contribution in [2.75, 3.05) is 26.4 Å². The topological polar surface area (TPSA) is 62.6 Å². The molecule has 0 spiro atoms. The van der Waals surface area contributed by atoms with Crippen LogP contribution in [0.4, 0.5) is 0 Å². The van der Waals surface area contributed by atoms with E-state index >= 15 is 0 Å². The zero-order valence-corrected chi connectivity index (χ0v) is 15.3. The molecule has 2 aliphatic rings. The molecule has 1 aromatic carbocycles. The van der Waals surface area contributed by atoms with Gasteiger partial charge in [0.25, 0.3) is 0 Å². The fourth-order valence-electron chi connectivity index (χ4n) is 2.75. The van der Waals surface area contributed by atoms with Gasteiger partial charge in [-0.2, -0.15) is 4.98 Å². The molecule has 6 heteroatoms. The van der Waals surface area contributed by atoms with Crippen molar-refractivity contribution in [2.45, 2.75) is 18.9 Å². The second-order valence-electron chi connectivity index (χ2n) is 6.82. The number of aromatic nitrogens is 2. The summed E-state index contributed by atoms with van der Waals surface area (Å²) in [5.41, 5.74) is 2.05. The van der Waals surface area contributed by atoms with E-state index in [1.807, 2.05) is 24.3 Å². The highest BCUT2D eigenvalue weighted by Gasteiger charge is 2.18. The Balaban J connectivity index is 1.51. The second kappa shape index (κ2) is 7.95. The van der Waals surface area contributed by atoms with Crippen LogP contribution in [0.1, 0.15) is 18.4 Å². The minimum absolute atomic E-state index is 0.130. The minimum Gasteiger partial charge on any atom is -0.476 e. The second-order valence-corrected chi connectivity index (χ2v) is 6.82. The Bertz CT molecular complexity index is 914. The Morgan fingerprint density at radius 2 is 2.07 bits per heavy atom. The average molecular weight is 366 g/mol. The van der Waals surface area contributed by atoms with E-state index in [0.717, 1.165) is 11.1 Å². The monoisotopic (exact) mass is 366 g/mol. The molecule has 4 rings (SSSR count). The van der Waals surface area contributed by atoms with Gasteiger partial charge < -0.3 is 14.2 Å². The maximum absolute atomic E-state index is 12.2. The summed E-state index contributed by atoms with van der Waals surface area (Å²) in [4.78, 5) is 16.4. The van der Waals surface area contributed by atoms with Crippen LogP contribution in [0.5, 0.6) is 5.88 Å². The number of rotatable bonds is 4.